The predicted molar refractivity (Wildman–Crippen MR) is 94.0 cm³/mol. The summed E-state index contributed by atoms with van der Waals surface area (Å²) < 4.78 is 0. The van der Waals surface area contributed by atoms with Crippen LogP contribution in [-0.4, -0.2) is 58.3 Å². The molecule has 22 heavy (non-hydrogen) atoms. The lowest BCUT2D eigenvalue weighted by atomic mass is 10.1. The van der Waals surface area contributed by atoms with Gasteiger partial charge in [0.1, 0.15) is 0 Å². The minimum atomic E-state index is 0.183. The summed E-state index contributed by atoms with van der Waals surface area (Å²) in [5, 5.41) is 12.8. The highest BCUT2D eigenvalue weighted by Crippen LogP contribution is 2.04. The van der Waals surface area contributed by atoms with E-state index in [1.807, 2.05) is 0 Å². The number of carbonyl (C=O) groups excluding carboxylic acids is 1. The molecule has 6 nitrogen and oxygen atoms in total. The van der Waals surface area contributed by atoms with Crippen LogP contribution in [0.15, 0.2) is 0 Å². The third-order valence-electron chi connectivity index (χ3n) is 3.41. The molecule has 0 aliphatic rings. The highest BCUT2D eigenvalue weighted by atomic mass is 16.1. The van der Waals surface area contributed by atoms with Crippen LogP contribution in [0, 0.1) is 0 Å². The van der Waals surface area contributed by atoms with Crippen LogP contribution in [0.2, 0.25) is 0 Å². The fraction of sp³-hybridized carbons (Fsp3) is 0.938. The summed E-state index contributed by atoms with van der Waals surface area (Å²) in [4.78, 5) is 11.6. The van der Waals surface area contributed by atoms with Crippen molar-refractivity contribution in [1.29, 1.82) is 0 Å². The second-order valence-corrected chi connectivity index (χ2v) is 5.55. The zero-order valence-corrected chi connectivity index (χ0v) is 14.4. The number of carbonyl (C=O) groups is 1. The van der Waals surface area contributed by atoms with Crippen molar-refractivity contribution in [2.75, 3.05) is 52.4 Å². The second-order valence-electron chi connectivity index (χ2n) is 5.55. The summed E-state index contributed by atoms with van der Waals surface area (Å²) >= 11 is 0. The van der Waals surface area contributed by atoms with Gasteiger partial charge >= 0.3 is 0 Å². The van der Waals surface area contributed by atoms with E-state index in [4.69, 9.17) is 5.73 Å². The van der Waals surface area contributed by atoms with Crippen molar-refractivity contribution in [3.8, 4) is 0 Å². The number of nitrogens with two attached hydrogens (primary N) is 1. The number of rotatable bonds is 17. The highest BCUT2D eigenvalue weighted by molar-refractivity contribution is 5.75. The van der Waals surface area contributed by atoms with Crippen molar-refractivity contribution in [2.24, 2.45) is 5.73 Å². The van der Waals surface area contributed by atoms with Crippen molar-refractivity contribution < 1.29 is 4.79 Å². The van der Waals surface area contributed by atoms with E-state index in [0.29, 0.717) is 19.5 Å². The van der Waals surface area contributed by atoms with Crippen LogP contribution in [0.3, 0.4) is 0 Å². The van der Waals surface area contributed by atoms with Gasteiger partial charge in [0.2, 0.25) is 5.91 Å². The Morgan fingerprint density at radius 2 is 1.32 bits per heavy atom. The van der Waals surface area contributed by atoms with Crippen molar-refractivity contribution in [3.63, 3.8) is 0 Å². The quantitative estimate of drug-likeness (QED) is 0.247. The predicted octanol–water partition coefficient (Wildman–Crippen LogP) is 0.191. The first kappa shape index (κ1) is 21.3. The number of hydrogen-bond acceptors (Lipinski definition) is 5. The molecule has 1 amide bonds. The first-order valence-electron chi connectivity index (χ1n) is 8.90. The van der Waals surface area contributed by atoms with Gasteiger partial charge in [0.25, 0.3) is 0 Å². The Bertz CT molecular complexity index is 239. The van der Waals surface area contributed by atoms with Crippen LogP contribution in [0.4, 0.5) is 0 Å². The Balaban J connectivity index is 3.10. The molecule has 0 bridgehead atoms. The molecular weight excluding hydrogens is 278 g/mol. The monoisotopic (exact) mass is 315 g/mol. The molecule has 0 aromatic heterocycles. The van der Waals surface area contributed by atoms with E-state index in [1.54, 1.807) is 0 Å². The molecule has 0 rings (SSSR count). The van der Waals surface area contributed by atoms with Crippen LogP contribution in [0.1, 0.15) is 45.4 Å². The Morgan fingerprint density at radius 1 is 0.773 bits per heavy atom. The molecular formula is C16H37N5O. The zero-order valence-electron chi connectivity index (χ0n) is 14.4. The van der Waals surface area contributed by atoms with Crippen LogP contribution >= 0.6 is 0 Å². The van der Waals surface area contributed by atoms with E-state index in [2.05, 4.69) is 28.2 Å². The van der Waals surface area contributed by atoms with Crippen molar-refractivity contribution >= 4 is 5.91 Å². The summed E-state index contributed by atoms with van der Waals surface area (Å²) in [7, 11) is 0. The maximum atomic E-state index is 11.6. The largest absolute Gasteiger partial charge is 0.355 e. The van der Waals surface area contributed by atoms with Gasteiger partial charge in [0.05, 0.1) is 0 Å². The van der Waals surface area contributed by atoms with E-state index >= 15 is 0 Å². The molecule has 132 valence electrons. The fourth-order valence-corrected chi connectivity index (χ4v) is 2.10. The average molecular weight is 316 g/mol. The van der Waals surface area contributed by atoms with Gasteiger partial charge in [-0.05, 0) is 6.42 Å². The van der Waals surface area contributed by atoms with Gasteiger partial charge in [-0.1, -0.05) is 32.6 Å². The molecule has 0 heterocycles. The van der Waals surface area contributed by atoms with Crippen molar-refractivity contribution in [1.82, 2.24) is 21.3 Å². The number of unbranched alkanes of at least 4 members (excludes halogenated alkanes) is 4. The molecule has 0 aliphatic heterocycles. The van der Waals surface area contributed by atoms with E-state index in [1.165, 1.54) is 25.7 Å². The lowest BCUT2D eigenvalue weighted by Crippen LogP contribution is -2.36. The summed E-state index contributed by atoms with van der Waals surface area (Å²) in [6, 6.07) is 0. The summed E-state index contributed by atoms with van der Waals surface area (Å²) in [5.74, 6) is 0.183. The smallest absolute Gasteiger partial charge is 0.220 e. The molecule has 0 aromatic rings. The molecule has 0 aromatic carbocycles. The molecule has 0 unspecified atom stereocenters. The lowest BCUT2D eigenvalue weighted by Gasteiger charge is -2.08. The minimum Gasteiger partial charge on any atom is -0.355 e. The normalized spacial score (nSPS) is 10.8. The van der Waals surface area contributed by atoms with Gasteiger partial charge < -0.3 is 27.0 Å². The maximum Gasteiger partial charge on any atom is 0.220 e. The van der Waals surface area contributed by atoms with Gasteiger partial charge in [0.15, 0.2) is 0 Å². The number of nitrogens with one attached hydrogen (secondary N) is 4. The van der Waals surface area contributed by atoms with Gasteiger partial charge in [-0.25, -0.2) is 0 Å². The Morgan fingerprint density at radius 3 is 1.91 bits per heavy atom. The fourth-order valence-electron chi connectivity index (χ4n) is 2.10. The van der Waals surface area contributed by atoms with Crippen LogP contribution in [0.25, 0.3) is 0 Å². The third kappa shape index (κ3) is 17.4. The van der Waals surface area contributed by atoms with E-state index in [0.717, 1.165) is 45.7 Å². The summed E-state index contributed by atoms with van der Waals surface area (Å²) in [5.41, 5.74) is 5.38. The maximum absolute atomic E-state index is 11.6. The van der Waals surface area contributed by atoms with Crippen LogP contribution in [-0.2, 0) is 4.79 Å². The molecule has 0 saturated carbocycles. The molecule has 0 fully saturated rings. The molecule has 0 spiro atoms. The topological polar surface area (TPSA) is 91.2 Å². The first-order valence-corrected chi connectivity index (χ1v) is 8.90. The van der Waals surface area contributed by atoms with Crippen molar-refractivity contribution in [2.45, 2.75) is 45.4 Å². The average Bonchev–Trinajstić information content (AvgIpc) is 2.52. The van der Waals surface area contributed by atoms with E-state index in [9.17, 15) is 4.79 Å². The minimum absolute atomic E-state index is 0.183. The zero-order chi connectivity index (χ0) is 16.3. The Kier molecular flexibility index (Phi) is 17.8. The van der Waals surface area contributed by atoms with Gasteiger partial charge in [0, 0.05) is 58.8 Å². The lowest BCUT2D eigenvalue weighted by molar-refractivity contribution is -0.121. The number of amides is 1. The standard InChI is InChI=1S/C16H37N5O/c1-2-3-4-5-6-7-16(22)21-15-14-20-13-12-19-11-10-18-9-8-17/h18-20H,2-15,17H2,1H3,(H,21,22). The van der Waals surface area contributed by atoms with Gasteiger partial charge in [-0.2, -0.15) is 0 Å². The molecule has 0 atom stereocenters. The van der Waals surface area contributed by atoms with E-state index in [-0.39, 0.29) is 5.91 Å². The molecule has 6 heteroatoms. The van der Waals surface area contributed by atoms with Crippen molar-refractivity contribution in [3.05, 3.63) is 0 Å². The second kappa shape index (κ2) is 18.4. The van der Waals surface area contributed by atoms with Crippen LogP contribution in [0.5, 0.6) is 0 Å². The molecule has 6 N–H and O–H groups in total. The highest BCUT2D eigenvalue weighted by Gasteiger charge is 1.99. The molecule has 0 saturated heterocycles. The molecule has 0 aliphatic carbocycles. The summed E-state index contributed by atoms with van der Waals surface area (Å²) in [6.07, 6.45) is 6.63. The Labute approximate surface area is 136 Å². The summed E-state index contributed by atoms with van der Waals surface area (Å²) in [6.45, 7) is 9.07. The van der Waals surface area contributed by atoms with Gasteiger partial charge in [-0.3, -0.25) is 4.79 Å². The van der Waals surface area contributed by atoms with Crippen LogP contribution < -0.4 is 27.0 Å². The number of hydrogen-bond donors (Lipinski definition) is 5. The third-order valence-corrected chi connectivity index (χ3v) is 3.41. The Hall–Kier alpha value is -0.690. The van der Waals surface area contributed by atoms with Gasteiger partial charge in [-0.15, -0.1) is 0 Å². The first-order chi connectivity index (χ1) is 10.8. The van der Waals surface area contributed by atoms with E-state index < -0.39 is 0 Å². The SMILES string of the molecule is CCCCCCCC(=O)NCCNCCNCCNCCN. The molecule has 0 radical (unpaired) electrons.